The van der Waals surface area contributed by atoms with E-state index in [2.05, 4.69) is 26.3 Å². The Hall–Kier alpha value is -3.09. The van der Waals surface area contributed by atoms with Crippen LogP contribution in [-0.4, -0.2) is 28.9 Å². The van der Waals surface area contributed by atoms with Gasteiger partial charge in [-0.1, -0.05) is 13.3 Å². The summed E-state index contributed by atoms with van der Waals surface area (Å²) in [6.45, 7) is 4.72. The van der Waals surface area contributed by atoms with E-state index >= 15 is 0 Å². The molecule has 4 heterocycles. The molecule has 0 aromatic carbocycles. The van der Waals surface area contributed by atoms with Crippen LogP contribution >= 0.6 is 0 Å². The number of nitrogens with zero attached hydrogens (tertiary/aromatic N) is 6. The molecule has 0 radical (unpaired) electrons. The third-order valence-corrected chi connectivity index (χ3v) is 4.73. The normalized spacial score (nSPS) is 11.4. The van der Waals surface area contributed by atoms with Gasteiger partial charge in [0.15, 0.2) is 0 Å². The number of rotatable bonds is 6. The number of fused-ring (bicyclic) bond motifs is 1. The Balaban J connectivity index is 1.68. The van der Waals surface area contributed by atoms with Gasteiger partial charge in [-0.2, -0.15) is 0 Å². The molecule has 0 fully saturated rings. The van der Waals surface area contributed by atoms with Crippen molar-refractivity contribution in [1.82, 2.24) is 28.9 Å². The standard InChI is InChI=1S/C20H21FN6/c1-3-5-18-17(24-11-19-14(2)25-13-27(18)19)12-26-9-8-23-20(26)10-16-15(21)6-4-7-22-16/h4,6-9,11,13H,3,5,10,12H2,1-2H3. The zero-order valence-electron chi connectivity index (χ0n) is 15.4. The SMILES string of the molecule is CCCc1c(Cn2ccnc2Cc2ncccc2F)ncc2c(C)ncn12. The summed E-state index contributed by atoms with van der Waals surface area (Å²) in [6.07, 6.45) is 11.2. The van der Waals surface area contributed by atoms with Crippen LogP contribution in [0.5, 0.6) is 0 Å². The molecule has 0 unspecified atom stereocenters. The molecule has 6 nitrogen and oxygen atoms in total. The monoisotopic (exact) mass is 364 g/mol. The molecule has 0 spiro atoms. The third-order valence-electron chi connectivity index (χ3n) is 4.73. The van der Waals surface area contributed by atoms with Gasteiger partial charge in [-0.25, -0.2) is 14.4 Å². The number of aryl methyl sites for hydroxylation is 2. The van der Waals surface area contributed by atoms with Crippen LogP contribution in [0.25, 0.3) is 5.52 Å². The second-order valence-electron chi connectivity index (χ2n) is 6.57. The van der Waals surface area contributed by atoms with Crippen LogP contribution in [0.2, 0.25) is 0 Å². The maximum atomic E-state index is 14.0. The zero-order valence-corrected chi connectivity index (χ0v) is 15.4. The highest BCUT2D eigenvalue weighted by Crippen LogP contribution is 2.18. The Morgan fingerprint density at radius 1 is 1.07 bits per heavy atom. The van der Waals surface area contributed by atoms with Crippen molar-refractivity contribution in [2.45, 2.75) is 39.7 Å². The molecule has 4 rings (SSSR count). The molecule has 0 aliphatic heterocycles. The summed E-state index contributed by atoms with van der Waals surface area (Å²) < 4.78 is 18.1. The molecule has 27 heavy (non-hydrogen) atoms. The highest BCUT2D eigenvalue weighted by atomic mass is 19.1. The lowest BCUT2D eigenvalue weighted by Gasteiger charge is -2.13. The summed E-state index contributed by atoms with van der Waals surface area (Å²) >= 11 is 0. The number of aromatic nitrogens is 6. The van der Waals surface area contributed by atoms with Gasteiger partial charge in [-0.15, -0.1) is 0 Å². The fourth-order valence-electron chi connectivity index (χ4n) is 3.31. The lowest BCUT2D eigenvalue weighted by Crippen LogP contribution is -2.12. The Kier molecular flexibility index (Phi) is 4.66. The first kappa shape index (κ1) is 17.3. The summed E-state index contributed by atoms with van der Waals surface area (Å²) in [6, 6.07) is 3.01. The minimum Gasteiger partial charge on any atom is -0.329 e. The molecular weight excluding hydrogens is 343 g/mol. The number of hydrogen-bond donors (Lipinski definition) is 0. The fourth-order valence-corrected chi connectivity index (χ4v) is 3.31. The van der Waals surface area contributed by atoms with Crippen molar-refractivity contribution in [2.75, 3.05) is 0 Å². The maximum absolute atomic E-state index is 14.0. The van der Waals surface area contributed by atoms with Crippen LogP contribution in [0.1, 0.15) is 41.9 Å². The topological polar surface area (TPSA) is 60.9 Å². The third kappa shape index (κ3) is 3.32. The highest BCUT2D eigenvalue weighted by molar-refractivity contribution is 5.51. The summed E-state index contributed by atoms with van der Waals surface area (Å²) in [7, 11) is 0. The van der Waals surface area contributed by atoms with Gasteiger partial charge in [-0.05, 0) is 25.5 Å². The largest absolute Gasteiger partial charge is 0.329 e. The summed E-state index contributed by atoms with van der Waals surface area (Å²) in [5, 5.41) is 0. The van der Waals surface area contributed by atoms with Gasteiger partial charge < -0.3 is 4.57 Å². The average Bonchev–Trinajstić information content (AvgIpc) is 3.26. The second kappa shape index (κ2) is 7.26. The summed E-state index contributed by atoms with van der Waals surface area (Å²) in [5.41, 5.74) is 4.53. The van der Waals surface area contributed by atoms with E-state index in [9.17, 15) is 4.39 Å². The number of pyridine rings is 1. The summed E-state index contributed by atoms with van der Waals surface area (Å²) in [5.74, 6) is 0.450. The van der Waals surface area contributed by atoms with E-state index in [-0.39, 0.29) is 5.82 Å². The van der Waals surface area contributed by atoms with Crippen molar-refractivity contribution < 1.29 is 4.39 Å². The molecule has 0 amide bonds. The van der Waals surface area contributed by atoms with E-state index in [1.54, 1.807) is 18.5 Å². The van der Waals surface area contributed by atoms with Gasteiger partial charge in [0.25, 0.3) is 0 Å². The van der Waals surface area contributed by atoms with Crippen LogP contribution in [0, 0.1) is 12.7 Å². The van der Waals surface area contributed by atoms with Crippen LogP contribution in [-0.2, 0) is 19.4 Å². The average molecular weight is 364 g/mol. The van der Waals surface area contributed by atoms with E-state index in [0.29, 0.717) is 18.7 Å². The van der Waals surface area contributed by atoms with Crippen LogP contribution < -0.4 is 0 Å². The number of hydrogen-bond acceptors (Lipinski definition) is 4. The molecule has 0 aliphatic carbocycles. The van der Waals surface area contributed by atoms with Crippen LogP contribution in [0.15, 0.2) is 43.2 Å². The number of halogens is 1. The van der Waals surface area contributed by atoms with Gasteiger partial charge in [-0.3, -0.25) is 14.4 Å². The Labute approximate surface area is 156 Å². The van der Waals surface area contributed by atoms with Crippen molar-refractivity contribution in [3.63, 3.8) is 0 Å². The van der Waals surface area contributed by atoms with Crippen molar-refractivity contribution in [2.24, 2.45) is 0 Å². The van der Waals surface area contributed by atoms with Gasteiger partial charge in [0.05, 0.1) is 48.1 Å². The first-order valence-corrected chi connectivity index (χ1v) is 9.07. The van der Waals surface area contributed by atoms with Gasteiger partial charge in [0.2, 0.25) is 0 Å². The lowest BCUT2D eigenvalue weighted by molar-refractivity contribution is 0.597. The Morgan fingerprint density at radius 3 is 2.78 bits per heavy atom. The van der Waals surface area contributed by atoms with Crippen molar-refractivity contribution in [3.8, 4) is 0 Å². The molecule has 0 N–H and O–H groups in total. The van der Waals surface area contributed by atoms with Crippen molar-refractivity contribution in [3.05, 3.63) is 77.7 Å². The van der Waals surface area contributed by atoms with E-state index in [0.717, 1.165) is 41.3 Å². The molecule has 4 aromatic heterocycles. The van der Waals surface area contributed by atoms with Gasteiger partial charge in [0, 0.05) is 24.3 Å². The van der Waals surface area contributed by atoms with Crippen LogP contribution in [0.4, 0.5) is 4.39 Å². The molecule has 0 saturated heterocycles. The minimum atomic E-state index is -0.313. The first-order chi connectivity index (χ1) is 13.2. The van der Waals surface area contributed by atoms with E-state index < -0.39 is 0 Å². The summed E-state index contributed by atoms with van der Waals surface area (Å²) in [4.78, 5) is 17.6. The maximum Gasteiger partial charge on any atom is 0.145 e. The zero-order chi connectivity index (χ0) is 18.8. The first-order valence-electron chi connectivity index (χ1n) is 9.07. The van der Waals surface area contributed by atoms with Crippen LogP contribution in [0.3, 0.4) is 0 Å². The molecule has 4 aromatic rings. The van der Waals surface area contributed by atoms with Gasteiger partial charge >= 0.3 is 0 Å². The van der Waals surface area contributed by atoms with E-state index in [4.69, 9.17) is 4.98 Å². The molecular formula is C20H21FN6. The molecule has 0 atom stereocenters. The smallest absolute Gasteiger partial charge is 0.145 e. The molecule has 0 aliphatic rings. The highest BCUT2D eigenvalue weighted by Gasteiger charge is 2.14. The Bertz CT molecular complexity index is 1080. The molecule has 7 heteroatoms. The predicted octanol–water partition coefficient (Wildman–Crippen LogP) is 3.36. The van der Waals surface area contributed by atoms with Crippen molar-refractivity contribution in [1.29, 1.82) is 0 Å². The quantitative estimate of drug-likeness (QED) is 0.526. The fraction of sp³-hybridized carbons (Fsp3) is 0.300. The number of imidazole rings is 2. The molecule has 0 bridgehead atoms. The van der Waals surface area contributed by atoms with E-state index in [1.807, 2.05) is 30.2 Å². The minimum absolute atomic E-state index is 0.313. The Morgan fingerprint density at radius 2 is 1.96 bits per heavy atom. The van der Waals surface area contributed by atoms with Gasteiger partial charge in [0.1, 0.15) is 11.6 Å². The molecule has 0 saturated carbocycles. The van der Waals surface area contributed by atoms with E-state index in [1.165, 1.54) is 6.07 Å². The molecule has 138 valence electrons. The van der Waals surface area contributed by atoms with Crippen molar-refractivity contribution >= 4 is 5.52 Å². The lowest BCUT2D eigenvalue weighted by atomic mass is 10.2. The predicted molar refractivity (Wildman–Crippen MR) is 100 cm³/mol. The second-order valence-corrected chi connectivity index (χ2v) is 6.57.